The largest absolute Gasteiger partial charge is 0.491 e. The third kappa shape index (κ3) is 11.9. The number of ether oxygens (including phenoxy) is 1. The number of nitrogens with zero attached hydrogens (tertiary/aromatic N) is 1. The highest BCUT2D eigenvalue weighted by Gasteiger charge is 2.21. The summed E-state index contributed by atoms with van der Waals surface area (Å²) in [6.45, 7) is 3.83. The van der Waals surface area contributed by atoms with Gasteiger partial charge in [-0.05, 0) is 85.6 Å². The number of aryl methyl sites for hydroxylation is 1. The minimum Gasteiger partial charge on any atom is -0.491 e. The third-order valence-corrected chi connectivity index (χ3v) is 8.20. The Balaban J connectivity index is 0.000000320. The number of benzene rings is 2. The van der Waals surface area contributed by atoms with Crippen LogP contribution in [0.15, 0.2) is 54.6 Å². The highest BCUT2D eigenvalue weighted by atomic mass is 35.5. The van der Waals surface area contributed by atoms with Gasteiger partial charge >= 0.3 is 0 Å². The van der Waals surface area contributed by atoms with E-state index >= 15 is 0 Å². The van der Waals surface area contributed by atoms with Crippen molar-refractivity contribution in [2.45, 2.75) is 58.3 Å². The van der Waals surface area contributed by atoms with Crippen LogP contribution >= 0.6 is 24.2 Å². The number of fused-ring (bicyclic) bond motifs is 1. The van der Waals surface area contributed by atoms with Gasteiger partial charge in [-0.3, -0.25) is 4.79 Å². The fraction of sp³-hybridized carbons (Fsp3) is 0.531. The van der Waals surface area contributed by atoms with Gasteiger partial charge in [-0.25, -0.2) is 0 Å². The van der Waals surface area contributed by atoms with E-state index in [0.717, 1.165) is 67.0 Å². The highest BCUT2D eigenvalue weighted by Crippen LogP contribution is 2.33. The predicted octanol–water partition coefficient (Wildman–Crippen LogP) is 7.20. The molecular weight excluding hydrogens is 528 g/mol. The summed E-state index contributed by atoms with van der Waals surface area (Å²) in [5.74, 6) is 3.60. The molecule has 0 aromatic heterocycles. The number of halogens is 1. The van der Waals surface area contributed by atoms with E-state index in [1.807, 2.05) is 37.4 Å². The van der Waals surface area contributed by atoms with Gasteiger partial charge in [-0.2, -0.15) is 12.6 Å². The van der Waals surface area contributed by atoms with E-state index in [1.165, 1.54) is 37.7 Å². The molecule has 7 heteroatoms. The van der Waals surface area contributed by atoms with Crippen LogP contribution in [0.1, 0.15) is 67.8 Å². The van der Waals surface area contributed by atoms with Gasteiger partial charge in [0.25, 0.3) is 0 Å². The van der Waals surface area contributed by atoms with Crippen molar-refractivity contribution < 1.29 is 14.6 Å². The first-order chi connectivity index (χ1) is 18.9. The Morgan fingerprint density at radius 2 is 1.97 bits per heavy atom. The molecule has 1 fully saturated rings. The Hall–Kier alpha value is -2.15. The lowest BCUT2D eigenvalue weighted by atomic mass is 9.83. The maximum atomic E-state index is 11.4. The fourth-order valence-electron chi connectivity index (χ4n) is 4.72. The van der Waals surface area contributed by atoms with Crippen LogP contribution in [-0.2, 0) is 6.42 Å². The van der Waals surface area contributed by atoms with Crippen molar-refractivity contribution in [1.82, 2.24) is 0 Å². The second kappa shape index (κ2) is 18.2. The van der Waals surface area contributed by atoms with Gasteiger partial charge in [0, 0.05) is 37.2 Å². The molecule has 1 saturated carbocycles. The quantitative estimate of drug-likeness (QED) is 0.207. The van der Waals surface area contributed by atoms with Crippen LogP contribution in [0, 0.1) is 17.8 Å². The summed E-state index contributed by atoms with van der Waals surface area (Å²) < 4.78 is 5.97. The van der Waals surface area contributed by atoms with E-state index in [9.17, 15) is 4.79 Å². The Morgan fingerprint density at radius 3 is 2.62 bits per heavy atom. The van der Waals surface area contributed by atoms with Crippen LogP contribution in [-0.4, -0.2) is 44.1 Å². The zero-order valence-corrected chi connectivity index (χ0v) is 25.5. The van der Waals surface area contributed by atoms with Crippen LogP contribution < -0.4 is 15.4 Å². The molecule has 216 valence electrons. The van der Waals surface area contributed by atoms with E-state index in [1.54, 1.807) is 6.07 Å². The molecule has 4 rings (SSSR count). The van der Waals surface area contributed by atoms with Gasteiger partial charge in [-0.1, -0.05) is 62.1 Å². The van der Waals surface area contributed by atoms with Crippen LogP contribution in [0.5, 0.6) is 5.75 Å². The lowest BCUT2D eigenvalue weighted by Crippen LogP contribution is -2.26. The number of allylic oxidation sites excluding steroid dienone is 2. The molecule has 1 aliphatic carbocycles. The molecule has 1 amide bonds. The van der Waals surface area contributed by atoms with Gasteiger partial charge in [-0.15, -0.1) is 0 Å². The average molecular weight is 575 g/mol. The number of anilines is 1. The third-order valence-electron chi connectivity index (χ3n) is 7.34. The molecule has 3 N–H and O–H groups in total. The number of hydrogen-bond acceptors (Lipinski definition) is 5. The zero-order chi connectivity index (χ0) is 28.6. The molecule has 2 aromatic carbocycles. The van der Waals surface area contributed by atoms with E-state index in [0.29, 0.717) is 18.1 Å². The monoisotopic (exact) mass is 574 g/mol. The zero-order valence-electron chi connectivity index (χ0n) is 23.8. The first-order valence-electron chi connectivity index (χ1n) is 14.1. The molecule has 1 unspecified atom stereocenters. The maximum Gasteiger partial charge on any atom is 0.248 e. The summed E-state index contributed by atoms with van der Waals surface area (Å²) in [5, 5.41) is 7.79. The number of rotatable bonds is 10. The minimum atomic E-state index is -0.418. The molecule has 39 heavy (non-hydrogen) atoms. The molecule has 1 aliphatic heterocycles. The summed E-state index contributed by atoms with van der Waals surface area (Å²) in [6, 6.07) is 13.4. The van der Waals surface area contributed by atoms with Gasteiger partial charge in [0.05, 0.1) is 12.3 Å². The van der Waals surface area contributed by atoms with Crippen molar-refractivity contribution in [2.24, 2.45) is 23.5 Å². The molecule has 0 saturated heterocycles. The van der Waals surface area contributed by atoms with Gasteiger partial charge < -0.3 is 20.5 Å². The van der Waals surface area contributed by atoms with E-state index in [2.05, 4.69) is 42.7 Å². The SMILES string of the molecule is CN1CC(CCCc2cccc(Cl)c2)COc2ccc(C(N)=O)cc21.CO.C[C@H](CS)C/C=C/CC1CCC1. The van der Waals surface area contributed by atoms with Crippen LogP contribution in [0.3, 0.4) is 0 Å². The van der Waals surface area contributed by atoms with E-state index in [4.69, 9.17) is 27.2 Å². The highest BCUT2D eigenvalue weighted by molar-refractivity contribution is 7.80. The van der Waals surface area contributed by atoms with Gasteiger partial charge in [0.2, 0.25) is 5.91 Å². The standard InChI is InChI=1S/C20H23ClN2O2.C11H20S.CH4O/c1-23-12-15(6-2-4-14-5-3-7-17(21)10-14)13-25-19-9-8-16(20(22)24)11-18(19)23;1-10(9-12)5-2-3-6-11-7-4-8-11;1-2/h3,5,7-11,15H,2,4,6,12-13H2,1H3,(H2,22,24);2-3,10-12H,4-9H2,1H3;2H,1H3/b;3-2+;/t;10-;/m.0./s1. The first-order valence-corrected chi connectivity index (χ1v) is 15.1. The topological polar surface area (TPSA) is 75.8 Å². The number of aliphatic hydroxyl groups is 1. The number of hydrogen-bond donors (Lipinski definition) is 3. The number of carbonyl (C=O) groups is 1. The summed E-state index contributed by atoms with van der Waals surface area (Å²) in [7, 11) is 3.03. The molecule has 0 radical (unpaired) electrons. The summed E-state index contributed by atoms with van der Waals surface area (Å²) >= 11 is 10.3. The van der Waals surface area contributed by atoms with Crippen molar-refractivity contribution in [3.05, 3.63) is 70.8 Å². The number of nitrogens with two attached hydrogens (primary N) is 1. The molecule has 1 heterocycles. The summed E-state index contributed by atoms with van der Waals surface area (Å²) in [4.78, 5) is 13.5. The number of carbonyl (C=O) groups excluding carboxylic acids is 1. The van der Waals surface area contributed by atoms with Gasteiger partial charge in [0.1, 0.15) is 5.75 Å². The molecule has 2 atom stereocenters. The lowest BCUT2D eigenvalue weighted by molar-refractivity contribution is 0.100. The van der Waals surface area contributed by atoms with Crippen molar-refractivity contribution in [2.75, 3.05) is 38.0 Å². The lowest BCUT2D eigenvalue weighted by Gasteiger charge is -2.23. The second-order valence-electron chi connectivity index (χ2n) is 10.7. The second-order valence-corrected chi connectivity index (χ2v) is 11.5. The van der Waals surface area contributed by atoms with Crippen molar-refractivity contribution >= 4 is 35.8 Å². The van der Waals surface area contributed by atoms with Gasteiger partial charge in [0.15, 0.2) is 0 Å². The number of aliphatic hydroxyl groups excluding tert-OH is 1. The molecule has 2 aliphatic rings. The smallest absolute Gasteiger partial charge is 0.248 e. The van der Waals surface area contributed by atoms with E-state index in [-0.39, 0.29) is 0 Å². The minimum absolute atomic E-state index is 0.418. The number of thiol groups is 1. The van der Waals surface area contributed by atoms with Crippen LogP contribution in [0.4, 0.5) is 5.69 Å². The summed E-state index contributed by atoms with van der Waals surface area (Å²) in [6.07, 6.45) is 14.8. The molecule has 0 bridgehead atoms. The predicted molar refractivity (Wildman–Crippen MR) is 168 cm³/mol. The maximum absolute atomic E-state index is 11.4. The number of primary amides is 1. The molecule has 2 aromatic rings. The molecule has 0 spiro atoms. The Morgan fingerprint density at radius 1 is 1.21 bits per heavy atom. The fourth-order valence-corrected chi connectivity index (χ4v) is 5.08. The molecule has 5 nitrogen and oxygen atoms in total. The Bertz CT molecular complexity index is 1020. The summed E-state index contributed by atoms with van der Waals surface area (Å²) in [5.41, 5.74) is 8.08. The molecular formula is C32H47ClN2O3S. The number of amides is 1. The van der Waals surface area contributed by atoms with E-state index < -0.39 is 5.91 Å². The van der Waals surface area contributed by atoms with Crippen molar-refractivity contribution in [1.29, 1.82) is 0 Å². The van der Waals surface area contributed by atoms with Crippen LogP contribution in [0.2, 0.25) is 5.02 Å². The van der Waals surface area contributed by atoms with Crippen molar-refractivity contribution in [3.63, 3.8) is 0 Å². The van der Waals surface area contributed by atoms with Crippen LogP contribution in [0.25, 0.3) is 0 Å². The average Bonchev–Trinajstić information content (AvgIpc) is 3.07. The Kier molecular flexibility index (Phi) is 15.5. The normalized spacial score (nSPS) is 17.4. The van der Waals surface area contributed by atoms with Crippen molar-refractivity contribution in [3.8, 4) is 5.75 Å². The first kappa shape index (κ1) is 33.1. The Labute approximate surface area is 246 Å².